The normalized spacial score (nSPS) is 17.0. The highest BCUT2D eigenvalue weighted by Gasteiger charge is 2.21. The molecule has 1 aliphatic rings. The number of sulfone groups is 1. The summed E-state index contributed by atoms with van der Waals surface area (Å²) in [6, 6.07) is 6.30. The molecule has 1 saturated carbocycles. The van der Waals surface area contributed by atoms with Crippen LogP contribution in [0, 0.1) is 11.8 Å². The van der Waals surface area contributed by atoms with Gasteiger partial charge in [0.2, 0.25) is 5.91 Å². The van der Waals surface area contributed by atoms with E-state index in [1.807, 2.05) is 0 Å². The summed E-state index contributed by atoms with van der Waals surface area (Å²) >= 11 is 0. The van der Waals surface area contributed by atoms with Gasteiger partial charge in [-0.2, -0.15) is 0 Å². The van der Waals surface area contributed by atoms with E-state index >= 15 is 0 Å². The van der Waals surface area contributed by atoms with Crippen LogP contribution in [0.5, 0.6) is 5.75 Å². The Morgan fingerprint density at radius 2 is 1.84 bits per heavy atom. The minimum atomic E-state index is -3.19. The van der Waals surface area contributed by atoms with E-state index in [0.29, 0.717) is 37.2 Å². The molecule has 0 aromatic heterocycles. The van der Waals surface area contributed by atoms with Crippen molar-refractivity contribution in [1.82, 2.24) is 5.32 Å². The monoisotopic (exact) mass is 367 g/mol. The third-order valence-electron chi connectivity index (χ3n) is 4.91. The second kappa shape index (κ2) is 9.22. The van der Waals surface area contributed by atoms with Crippen molar-refractivity contribution in [2.75, 3.05) is 19.4 Å². The van der Waals surface area contributed by atoms with Gasteiger partial charge >= 0.3 is 0 Å². The molecule has 1 atom stereocenters. The van der Waals surface area contributed by atoms with E-state index in [4.69, 9.17) is 4.74 Å². The van der Waals surface area contributed by atoms with Crippen LogP contribution in [0.2, 0.25) is 0 Å². The first-order chi connectivity index (χ1) is 11.9. The Morgan fingerprint density at radius 3 is 2.44 bits per heavy atom. The zero-order valence-electron chi connectivity index (χ0n) is 15.2. The third kappa shape index (κ3) is 6.69. The zero-order chi connectivity index (χ0) is 18.3. The Morgan fingerprint density at radius 1 is 1.20 bits per heavy atom. The average molecular weight is 368 g/mol. The number of benzene rings is 1. The lowest BCUT2D eigenvalue weighted by Gasteiger charge is -2.27. The summed E-state index contributed by atoms with van der Waals surface area (Å²) in [5, 5.41) is 2.90. The fraction of sp³-hybridized carbons (Fsp3) is 0.632. The van der Waals surface area contributed by atoms with Gasteiger partial charge in [-0.15, -0.1) is 0 Å². The molecule has 1 aromatic rings. The number of ether oxygens (including phenoxy) is 1. The maximum Gasteiger partial charge on any atom is 0.220 e. The molecule has 0 heterocycles. The molecule has 0 aliphatic heterocycles. The molecular weight excluding hydrogens is 338 g/mol. The predicted octanol–water partition coefficient (Wildman–Crippen LogP) is 3.19. The first-order valence-electron chi connectivity index (χ1n) is 9.06. The average Bonchev–Trinajstić information content (AvgIpc) is 2.59. The minimum absolute atomic E-state index is 0.0779. The van der Waals surface area contributed by atoms with E-state index in [1.165, 1.54) is 50.5 Å². The van der Waals surface area contributed by atoms with Gasteiger partial charge in [-0.3, -0.25) is 4.79 Å². The molecule has 1 aromatic carbocycles. The molecule has 0 bridgehead atoms. The fourth-order valence-electron chi connectivity index (χ4n) is 3.38. The largest absolute Gasteiger partial charge is 0.492 e. The van der Waals surface area contributed by atoms with Crippen molar-refractivity contribution in [3.63, 3.8) is 0 Å². The third-order valence-corrected chi connectivity index (χ3v) is 6.04. The van der Waals surface area contributed by atoms with Gasteiger partial charge in [-0.25, -0.2) is 8.42 Å². The Labute approximate surface area is 151 Å². The standard InChI is InChI=1S/C19H29NO4S/c1-15(16-6-4-3-5-7-16)14-19(21)20-12-13-24-17-8-10-18(11-9-17)25(2,22)23/h8-11,15-16H,3-7,12-14H2,1-2H3,(H,20,21). The molecule has 2 rings (SSSR count). The first-order valence-corrected chi connectivity index (χ1v) is 10.9. The van der Waals surface area contributed by atoms with Gasteiger partial charge in [-0.1, -0.05) is 39.0 Å². The van der Waals surface area contributed by atoms with E-state index in [2.05, 4.69) is 12.2 Å². The van der Waals surface area contributed by atoms with Gasteiger partial charge in [0.25, 0.3) is 0 Å². The highest BCUT2D eigenvalue weighted by molar-refractivity contribution is 7.90. The Bertz CT molecular complexity index is 649. The van der Waals surface area contributed by atoms with E-state index in [1.54, 1.807) is 12.1 Å². The van der Waals surface area contributed by atoms with Crippen molar-refractivity contribution in [2.45, 2.75) is 50.3 Å². The lowest BCUT2D eigenvalue weighted by molar-refractivity contribution is -0.122. The van der Waals surface area contributed by atoms with Crippen LogP contribution in [-0.4, -0.2) is 33.7 Å². The van der Waals surface area contributed by atoms with Gasteiger partial charge in [-0.05, 0) is 36.1 Å². The van der Waals surface area contributed by atoms with E-state index in [0.717, 1.165) is 0 Å². The molecule has 1 fully saturated rings. The van der Waals surface area contributed by atoms with Crippen molar-refractivity contribution >= 4 is 15.7 Å². The SMILES string of the molecule is CC(CC(=O)NCCOc1ccc(S(C)(=O)=O)cc1)C1CCCCC1. The quantitative estimate of drug-likeness (QED) is 0.716. The lowest BCUT2D eigenvalue weighted by atomic mass is 9.79. The molecule has 1 aliphatic carbocycles. The second-order valence-corrected chi connectivity index (χ2v) is 9.04. The van der Waals surface area contributed by atoms with Gasteiger partial charge < -0.3 is 10.1 Å². The zero-order valence-corrected chi connectivity index (χ0v) is 16.0. The predicted molar refractivity (Wildman–Crippen MR) is 98.4 cm³/mol. The summed E-state index contributed by atoms with van der Waals surface area (Å²) in [6.45, 7) is 2.99. The molecule has 0 spiro atoms. The first kappa shape index (κ1) is 19.8. The van der Waals surface area contributed by atoms with Crippen LogP contribution in [0.4, 0.5) is 0 Å². The number of nitrogens with one attached hydrogen (secondary N) is 1. The lowest BCUT2D eigenvalue weighted by Crippen LogP contribution is -2.31. The smallest absolute Gasteiger partial charge is 0.220 e. The Kier molecular flexibility index (Phi) is 7.29. The van der Waals surface area contributed by atoms with Gasteiger partial charge in [0.1, 0.15) is 12.4 Å². The summed E-state index contributed by atoms with van der Waals surface area (Å²) in [5.74, 6) is 1.79. The van der Waals surface area contributed by atoms with Crippen LogP contribution < -0.4 is 10.1 Å². The van der Waals surface area contributed by atoms with E-state index in [9.17, 15) is 13.2 Å². The van der Waals surface area contributed by atoms with Crippen LogP contribution >= 0.6 is 0 Å². The van der Waals surface area contributed by atoms with Crippen LogP contribution in [0.3, 0.4) is 0 Å². The number of rotatable bonds is 8. The van der Waals surface area contributed by atoms with E-state index in [-0.39, 0.29) is 10.8 Å². The highest BCUT2D eigenvalue weighted by Crippen LogP contribution is 2.31. The van der Waals surface area contributed by atoms with Gasteiger partial charge in [0.05, 0.1) is 11.4 Å². The molecule has 0 radical (unpaired) electrons. The molecule has 1 unspecified atom stereocenters. The molecule has 0 saturated heterocycles. The molecule has 140 valence electrons. The Balaban J connectivity index is 1.65. The molecule has 5 nitrogen and oxygen atoms in total. The summed E-state index contributed by atoms with van der Waals surface area (Å²) < 4.78 is 28.3. The number of amides is 1. The molecule has 25 heavy (non-hydrogen) atoms. The number of hydrogen-bond acceptors (Lipinski definition) is 4. The van der Waals surface area contributed by atoms with Crippen LogP contribution in [0.15, 0.2) is 29.2 Å². The van der Waals surface area contributed by atoms with Gasteiger partial charge in [0, 0.05) is 12.7 Å². The van der Waals surface area contributed by atoms with Crippen molar-refractivity contribution < 1.29 is 17.9 Å². The number of hydrogen-bond donors (Lipinski definition) is 1. The van der Waals surface area contributed by atoms with Crippen molar-refractivity contribution in [1.29, 1.82) is 0 Å². The maximum atomic E-state index is 12.0. The summed E-state index contributed by atoms with van der Waals surface area (Å²) in [4.78, 5) is 12.3. The number of carbonyl (C=O) groups is 1. The highest BCUT2D eigenvalue weighted by atomic mass is 32.2. The summed E-state index contributed by atoms with van der Waals surface area (Å²) in [5.41, 5.74) is 0. The van der Waals surface area contributed by atoms with Crippen LogP contribution in [0.1, 0.15) is 45.4 Å². The molecule has 1 N–H and O–H groups in total. The van der Waals surface area contributed by atoms with Crippen LogP contribution in [0.25, 0.3) is 0 Å². The Hall–Kier alpha value is -1.56. The topological polar surface area (TPSA) is 72.5 Å². The number of carbonyl (C=O) groups excluding carboxylic acids is 1. The second-order valence-electron chi connectivity index (χ2n) is 7.02. The summed E-state index contributed by atoms with van der Waals surface area (Å²) in [6.07, 6.45) is 8.17. The van der Waals surface area contributed by atoms with Gasteiger partial charge in [0.15, 0.2) is 9.84 Å². The summed E-state index contributed by atoms with van der Waals surface area (Å²) in [7, 11) is -3.19. The van der Waals surface area contributed by atoms with Crippen molar-refractivity contribution in [2.24, 2.45) is 11.8 Å². The fourth-order valence-corrected chi connectivity index (χ4v) is 4.01. The van der Waals surface area contributed by atoms with E-state index < -0.39 is 9.84 Å². The van der Waals surface area contributed by atoms with Crippen molar-refractivity contribution in [3.05, 3.63) is 24.3 Å². The minimum Gasteiger partial charge on any atom is -0.492 e. The maximum absolute atomic E-state index is 12.0. The molecular formula is C19H29NO4S. The van der Waals surface area contributed by atoms with Crippen LogP contribution in [-0.2, 0) is 14.6 Å². The molecule has 1 amide bonds. The van der Waals surface area contributed by atoms with Crippen molar-refractivity contribution in [3.8, 4) is 5.75 Å². The molecule has 6 heteroatoms.